The summed E-state index contributed by atoms with van der Waals surface area (Å²) in [4.78, 5) is 8.56. The molecule has 0 bridgehead atoms. The van der Waals surface area contributed by atoms with Crippen LogP contribution in [0.3, 0.4) is 0 Å². The van der Waals surface area contributed by atoms with Gasteiger partial charge in [0, 0.05) is 0 Å². The average Bonchev–Trinajstić information content (AvgIpc) is 0.811. The topological polar surface area (TPSA) is 92.5 Å². The number of carboxylic acid groups (broad SMARTS) is 2. The van der Waals surface area contributed by atoms with Gasteiger partial charge in [-0.15, -0.1) is 0 Å². The van der Waals surface area contributed by atoms with Gasteiger partial charge in [0.25, 0.3) is 0 Å². The largest absolute Gasteiger partial charge is 2.00 e. The van der Waals surface area contributed by atoms with E-state index < -0.39 is 6.16 Å². The fourth-order valence-corrected chi connectivity index (χ4v) is 0. The Labute approximate surface area is 61.8 Å². The predicted octanol–water partition coefficient (Wildman–Crippen LogP) is 0.379. The molecule has 0 saturated heterocycles. The average molecular weight is 206 g/mol. The van der Waals surface area contributed by atoms with E-state index in [0.29, 0.717) is 0 Å². The summed E-state index contributed by atoms with van der Waals surface area (Å²) >= 11 is 0. The van der Waals surface area contributed by atoms with Gasteiger partial charge < -0.3 is 16.4 Å². The molecule has 0 aliphatic heterocycles. The van der Waals surface area contributed by atoms with Crippen molar-refractivity contribution in [2.75, 3.05) is 0 Å². The van der Waals surface area contributed by atoms with Crippen molar-refractivity contribution in [2.24, 2.45) is 0 Å². The Bertz CT molecular complexity index is 35.9. The Morgan fingerprint density at radius 2 is 1.29 bits per heavy atom. The molecule has 0 fully saturated rings. The summed E-state index contributed by atoms with van der Waals surface area (Å²) in [6.45, 7) is 0. The molecule has 0 aliphatic carbocycles. The fourth-order valence-electron chi connectivity index (χ4n) is 0. The molecule has 0 rings (SSSR count). The van der Waals surface area contributed by atoms with Gasteiger partial charge in [0.2, 0.25) is 0 Å². The molecule has 0 aromatic heterocycles. The Hall–Kier alpha value is 0.269. The van der Waals surface area contributed by atoms with Crippen molar-refractivity contribution in [1.29, 1.82) is 0 Å². The summed E-state index contributed by atoms with van der Waals surface area (Å²) in [6, 6.07) is 0. The third-order valence-electron chi connectivity index (χ3n) is 0. The van der Waals surface area contributed by atoms with Crippen molar-refractivity contribution in [3.63, 3.8) is 0 Å². The van der Waals surface area contributed by atoms with Crippen LogP contribution in [0.2, 0.25) is 0 Å². The first-order valence-electron chi connectivity index (χ1n) is 0.651. The van der Waals surface area contributed by atoms with Crippen LogP contribution in [0.4, 0.5) is 4.79 Å². The third kappa shape index (κ3) is 1580. The van der Waals surface area contributed by atoms with Gasteiger partial charge in [-0.3, -0.25) is 0 Å². The third-order valence-corrected chi connectivity index (χ3v) is 0. The van der Waals surface area contributed by atoms with Crippen LogP contribution in [-0.4, -0.2) is 16.4 Å². The first kappa shape index (κ1) is 26.7. The van der Waals surface area contributed by atoms with E-state index in [-0.39, 0.29) is 40.3 Å². The minimum Gasteiger partial charge on any atom is -0.450 e. The van der Waals surface area contributed by atoms with E-state index in [4.69, 9.17) is 15.0 Å². The maximum atomic E-state index is 8.56. The van der Waals surface area contributed by atoms with E-state index in [9.17, 15) is 0 Å². The van der Waals surface area contributed by atoms with Crippen molar-refractivity contribution >= 4 is 6.16 Å². The second-order valence-corrected chi connectivity index (χ2v) is 0.283. The summed E-state index contributed by atoms with van der Waals surface area (Å²) in [6.07, 6.45) is -1.83. The molecule has 0 unspecified atom stereocenters. The van der Waals surface area contributed by atoms with E-state index >= 15 is 0 Å². The van der Waals surface area contributed by atoms with E-state index in [0.717, 1.165) is 0 Å². The van der Waals surface area contributed by atoms with Gasteiger partial charge in [0.1, 0.15) is 0 Å². The SMILES string of the molecule is N.O=C(O)O.[Cu+2].[Cu+]. The fraction of sp³-hybridized carbons (Fsp3) is 0. The molecule has 0 atom stereocenters. The number of carbonyl (C=O) groups is 1. The monoisotopic (exact) mass is 205 g/mol. The van der Waals surface area contributed by atoms with Crippen LogP contribution < -0.4 is 6.15 Å². The minimum atomic E-state index is -1.83. The van der Waals surface area contributed by atoms with Gasteiger partial charge in [0.05, 0.1) is 0 Å². The van der Waals surface area contributed by atoms with E-state index in [1.807, 2.05) is 0 Å². The molecule has 51 valence electrons. The molecular weight excluding hydrogens is 201 g/mol. The Balaban J connectivity index is -0.0000000150. The number of hydrogen-bond donors (Lipinski definition) is 3. The molecule has 4 nitrogen and oxygen atoms in total. The minimum absolute atomic E-state index is 0. The van der Waals surface area contributed by atoms with Crippen molar-refractivity contribution in [1.82, 2.24) is 6.15 Å². The molecule has 6 heteroatoms. The van der Waals surface area contributed by atoms with Gasteiger partial charge in [-0.25, -0.2) is 4.79 Å². The Morgan fingerprint density at radius 1 is 1.29 bits per heavy atom. The first-order valence-corrected chi connectivity index (χ1v) is 0.651. The molecular formula is CH5Cu2NO3+3. The molecule has 0 amide bonds. The van der Waals surface area contributed by atoms with Crippen molar-refractivity contribution < 1.29 is 49.1 Å². The molecule has 0 saturated carbocycles. The maximum absolute atomic E-state index is 8.56. The summed E-state index contributed by atoms with van der Waals surface area (Å²) in [7, 11) is 0. The number of hydrogen-bond acceptors (Lipinski definition) is 2. The van der Waals surface area contributed by atoms with Crippen molar-refractivity contribution in [3.8, 4) is 0 Å². The second kappa shape index (κ2) is 16.3. The van der Waals surface area contributed by atoms with Crippen LogP contribution in [-0.2, 0) is 34.1 Å². The number of rotatable bonds is 0. The van der Waals surface area contributed by atoms with E-state index in [1.54, 1.807) is 0 Å². The van der Waals surface area contributed by atoms with Crippen LogP contribution in [0.15, 0.2) is 0 Å². The van der Waals surface area contributed by atoms with Crippen LogP contribution in [0.1, 0.15) is 0 Å². The van der Waals surface area contributed by atoms with Gasteiger partial charge >= 0.3 is 40.3 Å². The zero-order valence-corrected chi connectivity index (χ0v) is 5.00. The molecule has 1 radical (unpaired) electrons. The van der Waals surface area contributed by atoms with Crippen molar-refractivity contribution in [2.45, 2.75) is 0 Å². The van der Waals surface area contributed by atoms with E-state index in [2.05, 4.69) is 0 Å². The molecule has 0 aromatic carbocycles. The normalized spacial score (nSPS) is 3.43. The Kier molecular flexibility index (Phi) is 62.2. The van der Waals surface area contributed by atoms with Crippen LogP contribution in [0, 0.1) is 0 Å². The van der Waals surface area contributed by atoms with E-state index in [1.165, 1.54) is 0 Å². The van der Waals surface area contributed by atoms with Crippen LogP contribution in [0.5, 0.6) is 0 Å². The summed E-state index contributed by atoms with van der Waals surface area (Å²) in [5.41, 5.74) is 0. The summed E-state index contributed by atoms with van der Waals surface area (Å²) in [5, 5.41) is 13.9. The molecule has 0 spiro atoms. The molecule has 0 aliphatic rings. The van der Waals surface area contributed by atoms with Gasteiger partial charge in [-0.1, -0.05) is 0 Å². The van der Waals surface area contributed by atoms with Gasteiger partial charge in [-0.05, 0) is 0 Å². The smallest absolute Gasteiger partial charge is 0.450 e. The van der Waals surface area contributed by atoms with Gasteiger partial charge in [0.15, 0.2) is 0 Å². The maximum Gasteiger partial charge on any atom is 2.00 e. The standard InChI is InChI=1S/CH2O3.2Cu.H3N/c2-1(3)4;;;/h(H2,2,3,4);;;1H3/q;+1;+2;. The molecule has 0 aromatic rings. The quantitative estimate of drug-likeness (QED) is 0.499. The van der Waals surface area contributed by atoms with Crippen LogP contribution in [0.25, 0.3) is 0 Å². The Morgan fingerprint density at radius 3 is 1.29 bits per heavy atom. The predicted molar refractivity (Wildman–Crippen MR) is 15.7 cm³/mol. The molecule has 7 heavy (non-hydrogen) atoms. The van der Waals surface area contributed by atoms with Gasteiger partial charge in [-0.2, -0.15) is 0 Å². The zero-order chi connectivity index (χ0) is 3.58. The second-order valence-electron chi connectivity index (χ2n) is 0.283. The summed E-state index contributed by atoms with van der Waals surface area (Å²) in [5.74, 6) is 0. The zero-order valence-electron chi connectivity index (χ0n) is 3.11. The van der Waals surface area contributed by atoms with Crippen molar-refractivity contribution in [3.05, 3.63) is 0 Å². The first-order chi connectivity index (χ1) is 1.73. The molecule has 5 N–H and O–H groups in total. The summed E-state index contributed by atoms with van der Waals surface area (Å²) < 4.78 is 0. The van der Waals surface area contributed by atoms with Crippen LogP contribution >= 0.6 is 0 Å². The molecule has 0 heterocycles.